The molecule has 1 aromatic carbocycles. The number of aliphatic hydroxyl groups excluding tert-OH is 1. The number of carbonyl (C=O) groups is 1. The highest BCUT2D eigenvalue weighted by molar-refractivity contribution is 5.86. The van der Waals surface area contributed by atoms with Gasteiger partial charge in [0.2, 0.25) is 0 Å². The van der Waals surface area contributed by atoms with E-state index in [9.17, 15) is 9.90 Å². The van der Waals surface area contributed by atoms with Crippen LogP contribution in [0.5, 0.6) is 0 Å². The second kappa shape index (κ2) is 9.38. The number of piperidine rings is 2. The summed E-state index contributed by atoms with van der Waals surface area (Å²) < 4.78 is 0. The summed E-state index contributed by atoms with van der Waals surface area (Å²) in [5, 5.41) is 20.3. The van der Waals surface area contributed by atoms with Crippen molar-refractivity contribution in [1.82, 2.24) is 9.80 Å². The highest BCUT2D eigenvalue weighted by atomic mass is 16.3. The van der Waals surface area contributed by atoms with Gasteiger partial charge in [0.05, 0.1) is 0 Å². The molecule has 2 aliphatic heterocycles. The quantitative estimate of drug-likeness (QED) is 0.754. The van der Waals surface area contributed by atoms with Crippen LogP contribution < -0.4 is 0 Å². The van der Waals surface area contributed by atoms with Gasteiger partial charge in [-0.1, -0.05) is 38.1 Å². The van der Waals surface area contributed by atoms with Gasteiger partial charge in [-0.2, -0.15) is 0 Å². The van der Waals surface area contributed by atoms with Gasteiger partial charge in [0.1, 0.15) is 0 Å². The molecule has 0 aromatic heterocycles. The lowest BCUT2D eigenvalue weighted by atomic mass is 9.88. The van der Waals surface area contributed by atoms with Crippen molar-refractivity contribution in [2.75, 3.05) is 32.8 Å². The van der Waals surface area contributed by atoms with E-state index in [1.54, 1.807) is 0 Å². The van der Waals surface area contributed by atoms with Crippen LogP contribution in [0.3, 0.4) is 0 Å². The summed E-state index contributed by atoms with van der Waals surface area (Å²) in [6, 6.07) is 8.47. The number of hydrogen-bond donors (Lipinski definition) is 2. The molecule has 5 nitrogen and oxygen atoms in total. The first-order valence-corrected chi connectivity index (χ1v) is 10.8. The summed E-state index contributed by atoms with van der Waals surface area (Å²) >= 11 is 0. The van der Waals surface area contributed by atoms with Gasteiger partial charge in [-0.25, -0.2) is 0 Å². The molecule has 0 radical (unpaired) electrons. The molecule has 0 aliphatic carbocycles. The fraction of sp³-hybridized carbons (Fsp3) is 0.696. The van der Waals surface area contributed by atoms with Crippen molar-refractivity contribution in [2.24, 2.45) is 5.92 Å². The first-order valence-electron chi connectivity index (χ1n) is 10.8. The van der Waals surface area contributed by atoms with Gasteiger partial charge >= 0.3 is 0 Å². The predicted molar refractivity (Wildman–Crippen MR) is 111 cm³/mol. The Bertz CT molecular complexity index is 638. The number of rotatable bonds is 7. The van der Waals surface area contributed by atoms with Crippen molar-refractivity contribution < 1.29 is 15.0 Å². The van der Waals surface area contributed by atoms with Gasteiger partial charge in [-0.05, 0) is 68.2 Å². The van der Waals surface area contributed by atoms with Crippen molar-refractivity contribution in [3.8, 4) is 0 Å². The van der Waals surface area contributed by atoms with E-state index in [0.717, 1.165) is 44.3 Å². The van der Waals surface area contributed by atoms with Crippen LogP contribution in [0.2, 0.25) is 0 Å². The Morgan fingerprint density at radius 2 is 1.82 bits per heavy atom. The summed E-state index contributed by atoms with van der Waals surface area (Å²) in [4.78, 5) is 17.1. The smallest absolute Gasteiger partial charge is 0.256 e. The molecule has 1 unspecified atom stereocenters. The van der Waals surface area contributed by atoms with Crippen LogP contribution in [0.15, 0.2) is 24.3 Å². The zero-order valence-electron chi connectivity index (χ0n) is 17.4. The molecular weight excluding hydrogens is 352 g/mol. The normalized spacial score (nSPS) is 24.9. The van der Waals surface area contributed by atoms with Crippen molar-refractivity contribution >= 4 is 5.91 Å². The molecule has 0 saturated carbocycles. The molecule has 2 fully saturated rings. The van der Waals surface area contributed by atoms with Gasteiger partial charge in [0.25, 0.3) is 5.91 Å². The number of carbonyl (C=O) groups excluding carboxylic acids is 1. The molecule has 2 N–H and O–H groups in total. The second-order valence-corrected chi connectivity index (χ2v) is 8.99. The van der Waals surface area contributed by atoms with Gasteiger partial charge in [-0.15, -0.1) is 0 Å². The SMILES string of the molecule is CC(C)c1ccc(CN2CCCC(O)(CN3CCC(CCO)CC3)C2=O)cc1. The standard InChI is InChI=1S/C23H36N2O3/c1-18(2)21-6-4-20(5-7-21)16-25-12-3-11-23(28,22(25)27)17-24-13-8-19(9-14-24)10-15-26/h4-7,18-19,26,28H,3,8-17H2,1-2H3. The number of hydrogen-bond acceptors (Lipinski definition) is 4. The third-order valence-electron chi connectivity index (χ3n) is 6.45. The Morgan fingerprint density at radius 1 is 1.14 bits per heavy atom. The van der Waals surface area contributed by atoms with Crippen LogP contribution >= 0.6 is 0 Å². The maximum absolute atomic E-state index is 13.1. The third-order valence-corrected chi connectivity index (χ3v) is 6.45. The summed E-state index contributed by atoms with van der Waals surface area (Å²) in [6.45, 7) is 8.12. The molecule has 156 valence electrons. The Kier molecular flexibility index (Phi) is 7.13. The second-order valence-electron chi connectivity index (χ2n) is 8.99. The molecule has 2 aliphatic rings. The van der Waals surface area contributed by atoms with E-state index >= 15 is 0 Å². The fourth-order valence-corrected chi connectivity index (χ4v) is 4.58. The van der Waals surface area contributed by atoms with E-state index in [1.807, 2.05) is 4.90 Å². The Morgan fingerprint density at radius 3 is 2.43 bits per heavy atom. The van der Waals surface area contributed by atoms with Crippen LogP contribution in [0.1, 0.15) is 63.0 Å². The molecule has 2 saturated heterocycles. The number of amides is 1. The van der Waals surface area contributed by atoms with Gasteiger partial charge < -0.3 is 15.1 Å². The molecule has 0 spiro atoms. The largest absolute Gasteiger partial charge is 0.396 e. The van der Waals surface area contributed by atoms with Crippen LogP contribution in [0, 0.1) is 5.92 Å². The topological polar surface area (TPSA) is 64.0 Å². The molecule has 28 heavy (non-hydrogen) atoms. The van der Waals surface area contributed by atoms with Crippen molar-refractivity contribution in [2.45, 2.75) is 64.0 Å². The first-order chi connectivity index (χ1) is 13.4. The number of benzene rings is 1. The maximum atomic E-state index is 13.1. The molecule has 1 amide bonds. The van der Waals surface area contributed by atoms with Crippen LogP contribution in [-0.2, 0) is 11.3 Å². The minimum absolute atomic E-state index is 0.121. The molecule has 5 heteroatoms. The van der Waals surface area contributed by atoms with E-state index in [1.165, 1.54) is 5.56 Å². The zero-order chi connectivity index (χ0) is 20.1. The molecule has 0 bridgehead atoms. The zero-order valence-corrected chi connectivity index (χ0v) is 17.4. The Labute approximate surface area is 169 Å². The predicted octanol–water partition coefficient (Wildman–Crippen LogP) is 2.76. The van der Waals surface area contributed by atoms with E-state index in [-0.39, 0.29) is 12.5 Å². The van der Waals surface area contributed by atoms with Gasteiger partial charge in [0.15, 0.2) is 5.60 Å². The van der Waals surface area contributed by atoms with E-state index in [4.69, 9.17) is 5.11 Å². The third kappa shape index (κ3) is 5.13. The molecular formula is C23H36N2O3. The number of nitrogens with zero attached hydrogens (tertiary/aromatic N) is 2. The van der Waals surface area contributed by atoms with Crippen molar-refractivity contribution in [1.29, 1.82) is 0 Å². The lowest BCUT2D eigenvalue weighted by Crippen LogP contribution is -2.59. The van der Waals surface area contributed by atoms with Gasteiger partial charge in [-0.3, -0.25) is 9.69 Å². The fourth-order valence-electron chi connectivity index (χ4n) is 4.58. The highest BCUT2D eigenvalue weighted by Gasteiger charge is 2.43. The lowest BCUT2D eigenvalue weighted by molar-refractivity contribution is -0.160. The molecule has 1 aromatic rings. The lowest BCUT2D eigenvalue weighted by Gasteiger charge is -2.42. The van der Waals surface area contributed by atoms with E-state index < -0.39 is 5.60 Å². The van der Waals surface area contributed by atoms with Crippen molar-refractivity contribution in [3.05, 3.63) is 35.4 Å². The summed E-state index contributed by atoms with van der Waals surface area (Å²) in [5.41, 5.74) is 1.15. The van der Waals surface area contributed by atoms with Crippen LogP contribution in [0.25, 0.3) is 0 Å². The molecule has 2 heterocycles. The highest BCUT2D eigenvalue weighted by Crippen LogP contribution is 2.28. The summed E-state index contributed by atoms with van der Waals surface area (Å²) in [5.74, 6) is 0.949. The Balaban J connectivity index is 1.58. The monoisotopic (exact) mass is 388 g/mol. The van der Waals surface area contributed by atoms with Crippen LogP contribution in [0.4, 0.5) is 0 Å². The van der Waals surface area contributed by atoms with Gasteiger partial charge in [0, 0.05) is 26.2 Å². The Hall–Kier alpha value is -1.43. The van der Waals surface area contributed by atoms with E-state index in [0.29, 0.717) is 37.9 Å². The average molecular weight is 389 g/mol. The minimum Gasteiger partial charge on any atom is -0.396 e. The number of likely N-dealkylation sites (tertiary alicyclic amines) is 2. The van der Waals surface area contributed by atoms with Crippen LogP contribution in [-0.4, -0.2) is 64.3 Å². The summed E-state index contributed by atoms with van der Waals surface area (Å²) in [6.07, 6.45) is 4.33. The molecule has 1 atom stereocenters. The number of β-amino-alcohol motifs (C(OH)–C–C–N with tert-alkyl or cyclic N) is 1. The number of aliphatic hydroxyl groups is 2. The first kappa shape index (κ1) is 21.3. The van der Waals surface area contributed by atoms with E-state index in [2.05, 4.69) is 43.0 Å². The minimum atomic E-state index is -1.26. The maximum Gasteiger partial charge on any atom is 0.256 e. The summed E-state index contributed by atoms with van der Waals surface area (Å²) in [7, 11) is 0. The van der Waals surface area contributed by atoms with Crippen molar-refractivity contribution in [3.63, 3.8) is 0 Å². The molecule has 3 rings (SSSR count). The average Bonchev–Trinajstić information content (AvgIpc) is 2.68.